The molecule has 1 aromatic heterocycles. The molecule has 2 heterocycles. The van der Waals surface area contributed by atoms with Crippen LogP contribution in [0, 0.1) is 29.1 Å². The number of nitrogens with zero attached hydrogens (tertiary/aromatic N) is 1. The first-order valence-corrected chi connectivity index (χ1v) is 13.7. The van der Waals surface area contributed by atoms with Crippen molar-refractivity contribution in [2.24, 2.45) is 0 Å². The molecule has 0 spiro atoms. The van der Waals surface area contributed by atoms with E-state index in [4.69, 9.17) is 9.47 Å². The van der Waals surface area contributed by atoms with Crippen LogP contribution in [0.3, 0.4) is 0 Å². The van der Waals surface area contributed by atoms with Gasteiger partial charge in [0.2, 0.25) is 5.82 Å². The second kappa shape index (κ2) is 13.0. The molecule has 1 fully saturated rings. The van der Waals surface area contributed by atoms with Crippen molar-refractivity contribution in [3.63, 3.8) is 0 Å². The number of halogens is 5. The third kappa shape index (κ3) is 6.46. The molecule has 0 unspecified atom stereocenters. The van der Waals surface area contributed by atoms with Crippen LogP contribution in [0.1, 0.15) is 45.9 Å². The molecule has 3 aromatic carbocycles. The highest BCUT2D eigenvalue weighted by molar-refractivity contribution is 7.99. The van der Waals surface area contributed by atoms with Crippen LogP contribution < -0.4 is 5.32 Å². The highest BCUT2D eigenvalue weighted by Crippen LogP contribution is 2.40. The fourth-order valence-electron chi connectivity index (χ4n) is 4.39. The number of carbonyl (C=O) groups excluding carboxylic acids is 1. The standard InChI is InChI=1S/C30H23F5N2O4S/c31-24-23(25(32)27(34)28(35)26(24)33)29(39)37-19-5-3-4-18(12-19)30-40-20(15-42-22-6-1-2-11-36-22)13-21(41-30)17-9-7-16(14-38)8-10-17/h1-12,20-21,30,38H,13-15H2,(H,37,39)/t20-,21+,30+/m1/s1. The number of hydrogen-bond donors (Lipinski definition) is 2. The molecular formula is C30H23F5N2O4S. The summed E-state index contributed by atoms with van der Waals surface area (Å²) in [6, 6.07) is 18.8. The molecule has 6 nitrogen and oxygen atoms in total. The SMILES string of the molecule is O=C(Nc1cccc([C@H]2O[C@@H](CSc3ccccn3)C[C@@H](c3ccc(CO)cc3)O2)c1)c1c(F)c(F)c(F)c(F)c1F. The minimum absolute atomic E-state index is 0.0162. The van der Waals surface area contributed by atoms with Crippen molar-refractivity contribution in [1.82, 2.24) is 4.98 Å². The summed E-state index contributed by atoms with van der Waals surface area (Å²) in [7, 11) is 0. The second-order valence-corrected chi connectivity index (χ2v) is 10.4. The molecule has 0 bridgehead atoms. The van der Waals surface area contributed by atoms with Crippen molar-refractivity contribution in [2.75, 3.05) is 11.1 Å². The number of amides is 1. The Kier molecular flexibility index (Phi) is 9.17. The number of rotatable bonds is 8. The minimum atomic E-state index is -2.36. The van der Waals surface area contributed by atoms with E-state index in [0.717, 1.165) is 16.2 Å². The van der Waals surface area contributed by atoms with E-state index in [1.54, 1.807) is 24.4 Å². The predicted octanol–water partition coefficient (Wildman–Crippen LogP) is 6.86. The van der Waals surface area contributed by atoms with Gasteiger partial charge in [-0.1, -0.05) is 42.5 Å². The van der Waals surface area contributed by atoms with Crippen LogP contribution >= 0.6 is 11.8 Å². The molecule has 218 valence electrons. The zero-order chi connectivity index (χ0) is 29.8. The Morgan fingerprint density at radius 3 is 2.26 bits per heavy atom. The number of carbonyl (C=O) groups is 1. The van der Waals surface area contributed by atoms with Gasteiger partial charge in [0.05, 0.1) is 23.8 Å². The van der Waals surface area contributed by atoms with Crippen molar-refractivity contribution in [3.05, 3.63) is 124 Å². The fourth-order valence-corrected chi connectivity index (χ4v) is 5.28. The van der Waals surface area contributed by atoms with Gasteiger partial charge in [-0.2, -0.15) is 0 Å². The lowest BCUT2D eigenvalue weighted by atomic mass is 10.0. The Hall–Kier alpha value is -3.84. The minimum Gasteiger partial charge on any atom is -0.392 e. The van der Waals surface area contributed by atoms with Gasteiger partial charge in [0.15, 0.2) is 29.6 Å². The largest absolute Gasteiger partial charge is 0.392 e. The Balaban J connectivity index is 1.38. The number of ether oxygens (including phenoxy) is 2. The van der Waals surface area contributed by atoms with Gasteiger partial charge >= 0.3 is 0 Å². The van der Waals surface area contributed by atoms with Gasteiger partial charge in [0, 0.05) is 29.6 Å². The number of hydrogen-bond acceptors (Lipinski definition) is 6. The van der Waals surface area contributed by atoms with Gasteiger partial charge in [-0.3, -0.25) is 4.79 Å². The predicted molar refractivity (Wildman–Crippen MR) is 144 cm³/mol. The summed E-state index contributed by atoms with van der Waals surface area (Å²) in [6.07, 6.45) is 0.558. The first-order chi connectivity index (χ1) is 20.2. The fraction of sp³-hybridized carbons (Fsp3) is 0.200. The molecule has 0 saturated carbocycles. The van der Waals surface area contributed by atoms with Crippen LogP contribution in [0.15, 0.2) is 78.0 Å². The molecule has 2 N–H and O–H groups in total. The van der Waals surface area contributed by atoms with Gasteiger partial charge in [0.25, 0.3) is 5.91 Å². The van der Waals surface area contributed by atoms with Crippen LogP contribution in [-0.2, 0) is 16.1 Å². The smallest absolute Gasteiger partial charge is 0.261 e. The third-order valence-electron chi connectivity index (χ3n) is 6.52. The number of nitrogens with one attached hydrogen (secondary N) is 1. The summed E-state index contributed by atoms with van der Waals surface area (Å²) in [5.74, 6) is -12.2. The number of benzene rings is 3. The zero-order valence-electron chi connectivity index (χ0n) is 21.7. The summed E-state index contributed by atoms with van der Waals surface area (Å²) in [4.78, 5) is 16.9. The van der Waals surface area contributed by atoms with Crippen molar-refractivity contribution >= 4 is 23.4 Å². The van der Waals surface area contributed by atoms with Gasteiger partial charge in [-0.25, -0.2) is 26.9 Å². The van der Waals surface area contributed by atoms with Crippen molar-refractivity contribution in [1.29, 1.82) is 0 Å². The lowest BCUT2D eigenvalue weighted by molar-refractivity contribution is -0.245. The molecule has 1 amide bonds. The summed E-state index contributed by atoms with van der Waals surface area (Å²) in [5.41, 5.74) is 0.447. The zero-order valence-corrected chi connectivity index (χ0v) is 22.5. The summed E-state index contributed by atoms with van der Waals surface area (Å²) in [6.45, 7) is -0.107. The second-order valence-electron chi connectivity index (χ2n) is 9.35. The molecule has 4 aromatic rings. The molecule has 1 saturated heterocycles. The average Bonchev–Trinajstić information content (AvgIpc) is 3.02. The van der Waals surface area contributed by atoms with Gasteiger partial charge in [-0.05, 0) is 35.4 Å². The van der Waals surface area contributed by atoms with E-state index in [1.165, 1.54) is 30.0 Å². The first kappa shape index (κ1) is 29.6. The maximum atomic E-state index is 14.2. The van der Waals surface area contributed by atoms with Gasteiger partial charge < -0.3 is 19.9 Å². The van der Waals surface area contributed by atoms with E-state index in [9.17, 15) is 31.9 Å². The lowest BCUT2D eigenvalue weighted by Gasteiger charge is -2.36. The first-order valence-electron chi connectivity index (χ1n) is 12.7. The van der Waals surface area contributed by atoms with Crippen molar-refractivity contribution in [2.45, 2.75) is 36.6 Å². The highest BCUT2D eigenvalue weighted by Gasteiger charge is 2.33. The van der Waals surface area contributed by atoms with Crippen LogP contribution in [0.4, 0.5) is 27.6 Å². The summed E-state index contributed by atoms with van der Waals surface area (Å²) >= 11 is 1.50. The van der Waals surface area contributed by atoms with E-state index >= 15 is 0 Å². The molecule has 12 heteroatoms. The Morgan fingerprint density at radius 1 is 0.881 bits per heavy atom. The van der Waals surface area contributed by atoms with Crippen LogP contribution in [-0.4, -0.2) is 27.9 Å². The van der Waals surface area contributed by atoms with Gasteiger partial charge in [-0.15, -0.1) is 11.8 Å². The van der Waals surface area contributed by atoms with E-state index in [1.807, 2.05) is 30.3 Å². The molecule has 42 heavy (non-hydrogen) atoms. The number of thioether (sulfide) groups is 1. The summed E-state index contributed by atoms with van der Waals surface area (Å²) in [5, 5.41) is 12.4. The number of anilines is 1. The number of pyridine rings is 1. The molecule has 1 aliphatic heterocycles. The molecule has 1 aliphatic rings. The van der Waals surface area contributed by atoms with E-state index < -0.39 is 53.0 Å². The Bertz CT molecular complexity index is 1550. The Morgan fingerprint density at radius 2 is 1.60 bits per heavy atom. The van der Waals surface area contributed by atoms with Crippen LogP contribution in [0.5, 0.6) is 0 Å². The maximum absolute atomic E-state index is 14.2. The number of aromatic nitrogens is 1. The number of aliphatic hydroxyl groups is 1. The average molecular weight is 603 g/mol. The molecule has 0 radical (unpaired) electrons. The van der Waals surface area contributed by atoms with E-state index in [-0.39, 0.29) is 18.4 Å². The maximum Gasteiger partial charge on any atom is 0.261 e. The quantitative estimate of drug-likeness (QED) is 0.0993. The Labute approximate surface area is 241 Å². The van der Waals surface area contributed by atoms with E-state index in [0.29, 0.717) is 17.7 Å². The topological polar surface area (TPSA) is 80.7 Å². The third-order valence-corrected chi connectivity index (χ3v) is 7.60. The monoisotopic (exact) mass is 602 g/mol. The van der Waals surface area contributed by atoms with Gasteiger partial charge in [0.1, 0.15) is 5.56 Å². The van der Waals surface area contributed by atoms with Crippen molar-refractivity contribution in [3.8, 4) is 0 Å². The van der Waals surface area contributed by atoms with Crippen molar-refractivity contribution < 1.29 is 41.3 Å². The lowest BCUT2D eigenvalue weighted by Crippen LogP contribution is -2.31. The van der Waals surface area contributed by atoms with Crippen LogP contribution in [0.25, 0.3) is 0 Å². The molecule has 0 aliphatic carbocycles. The number of aliphatic hydroxyl groups excluding tert-OH is 1. The molecule has 3 atom stereocenters. The van der Waals surface area contributed by atoms with Crippen LogP contribution in [0.2, 0.25) is 0 Å². The highest BCUT2D eigenvalue weighted by atomic mass is 32.2. The normalized spacial score (nSPS) is 18.6. The van der Waals surface area contributed by atoms with E-state index in [2.05, 4.69) is 10.3 Å². The molecular weight excluding hydrogens is 579 g/mol. The summed E-state index contributed by atoms with van der Waals surface area (Å²) < 4.78 is 81.5. The molecule has 5 rings (SSSR count).